The summed E-state index contributed by atoms with van der Waals surface area (Å²) in [6.45, 7) is 1.70. The fourth-order valence-electron chi connectivity index (χ4n) is 2.17. The Balaban J connectivity index is 1.76. The lowest BCUT2D eigenvalue weighted by Crippen LogP contribution is -2.13. The van der Waals surface area contributed by atoms with Crippen molar-refractivity contribution in [3.8, 4) is 0 Å². The van der Waals surface area contributed by atoms with E-state index in [0.29, 0.717) is 32.7 Å². The summed E-state index contributed by atoms with van der Waals surface area (Å²) in [5.41, 5.74) is 2.72. The number of para-hydroxylation sites is 1. The Bertz CT molecular complexity index is 617. The topological polar surface area (TPSA) is 59.6 Å². The Hall–Kier alpha value is -2.37. The summed E-state index contributed by atoms with van der Waals surface area (Å²) in [4.78, 5) is 12.0. The molecule has 0 aliphatic carbocycles. The zero-order valence-corrected chi connectivity index (χ0v) is 14.0. The Morgan fingerprint density at radius 1 is 0.917 bits per heavy atom. The molecular formula is C19H24N2O3. The number of amides is 1. The number of ether oxygens (including phenoxy) is 2. The second kappa shape index (κ2) is 10.4. The van der Waals surface area contributed by atoms with Crippen LogP contribution in [0.4, 0.5) is 17.1 Å². The van der Waals surface area contributed by atoms with Crippen LogP contribution in [0.1, 0.15) is 12.8 Å². The Kier molecular flexibility index (Phi) is 7.80. The summed E-state index contributed by atoms with van der Waals surface area (Å²) in [6.07, 6.45) is 1.13. The molecule has 0 atom stereocenters. The second-order valence-corrected chi connectivity index (χ2v) is 5.33. The summed E-state index contributed by atoms with van der Waals surface area (Å²) >= 11 is 0. The minimum atomic E-state index is -0.0118. The highest BCUT2D eigenvalue weighted by Crippen LogP contribution is 2.20. The number of hydrogen-bond donors (Lipinski definition) is 2. The average Bonchev–Trinajstić information content (AvgIpc) is 2.59. The largest absolute Gasteiger partial charge is 0.382 e. The number of rotatable bonds is 10. The standard InChI is InChI=1S/C19H24N2O3/c1-23-13-14-24-12-6-11-19(22)21-18-10-5-9-17(15-18)20-16-7-3-2-4-8-16/h2-5,7-10,15,20H,6,11-14H2,1H3,(H,21,22). The molecule has 2 aromatic carbocycles. The van der Waals surface area contributed by atoms with E-state index >= 15 is 0 Å². The minimum absolute atomic E-state index is 0.0118. The normalized spacial score (nSPS) is 10.4. The molecule has 2 N–H and O–H groups in total. The van der Waals surface area contributed by atoms with Gasteiger partial charge in [0.2, 0.25) is 5.91 Å². The molecule has 0 aliphatic rings. The molecule has 5 nitrogen and oxygen atoms in total. The van der Waals surface area contributed by atoms with E-state index < -0.39 is 0 Å². The molecule has 0 aromatic heterocycles. The average molecular weight is 328 g/mol. The van der Waals surface area contributed by atoms with Gasteiger partial charge in [0.1, 0.15) is 0 Å². The van der Waals surface area contributed by atoms with Gasteiger partial charge in [0, 0.05) is 37.2 Å². The molecule has 128 valence electrons. The van der Waals surface area contributed by atoms with Crippen LogP contribution in [0.15, 0.2) is 54.6 Å². The van der Waals surface area contributed by atoms with Crippen molar-refractivity contribution in [1.29, 1.82) is 0 Å². The van der Waals surface area contributed by atoms with Crippen LogP contribution in [0, 0.1) is 0 Å². The Labute approximate surface area is 143 Å². The van der Waals surface area contributed by atoms with Crippen molar-refractivity contribution < 1.29 is 14.3 Å². The van der Waals surface area contributed by atoms with Gasteiger partial charge in [-0.15, -0.1) is 0 Å². The molecule has 0 spiro atoms. The molecule has 24 heavy (non-hydrogen) atoms. The predicted octanol–water partition coefficient (Wildman–Crippen LogP) is 3.81. The van der Waals surface area contributed by atoms with Crippen molar-refractivity contribution >= 4 is 23.0 Å². The number of hydrogen-bond acceptors (Lipinski definition) is 4. The summed E-state index contributed by atoms with van der Waals surface area (Å²) in [6, 6.07) is 17.6. The monoisotopic (exact) mass is 328 g/mol. The molecule has 0 radical (unpaired) electrons. The third-order valence-corrected chi connectivity index (χ3v) is 3.33. The van der Waals surface area contributed by atoms with Crippen molar-refractivity contribution in [2.24, 2.45) is 0 Å². The number of anilines is 3. The van der Waals surface area contributed by atoms with Crippen molar-refractivity contribution in [3.05, 3.63) is 54.6 Å². The number of benzene rings is 2. The molecule has 0 aliphatic heterocycles. The highest BCUT2D eigenvalue weighted by atomic mass is 16.5. The summed E-state index contributed by atoms with van der Waals surface area (Å²) in [5.74, 6) is -0.0118. The van der Waals surface area contributed by atoms with Crippen LogP contribution in [-0.2, 0) is 14.3 Å². The van der Waals surface area contributed by atoms with E-state index in [-0.39, 0.29) is 5.91 Å². The van der Waals surface area contributed by atoms with Gasteiger partial charge in [-0.1, -0.05) is 24.3 Å². The summed E-state index contributed by atoms with van der Waals surface area (Å²) in [7, 11) is 1.64. The maximum atomic E-state index is 12.0. The van der Waals surface area contributed by atoms with Gasteiger partial charge >= 0.3 is 0 Å². The molecular weight excluding hydrogens is 304 g/mol. The SMILES string of the molecule is COCCOCCCC(=O)Nc1cccc(Nc2ccccc2)c1. The lowest BCUT2D eigenvalue weighted by Gasteiger charge is -2.10. The van der Waals surface area contributed by atoms with Crippen molar-refractivity contribution in [3.63, 3.8) is 0 Å². The summed E-state index contributed by atoms with van der Waals surface area (Å²) in [5, 5.41) is 6.22. The fraction of sp³-hybridized carbons (Fsp3) is 0.316. The molecule has 0 saturated carbocycles. The van der Waals surface area contributed by atoms with Gasteiger partial charge < -0.3 is 20.1 Å². The smallest absolute Gasteiger partial charge is 0.224 e. The predicted molar refractivity (Wildman–Crippen MR) is 96.7 cm³/mol. The molecule has 0 bridgehead atoms. The quantitative estimate of drug-likeness (QED) is 0.651. The van der Waals surface area contributed by atoms with Crippen LogP contribution in [0.2, 0.25) is 0 Å². The molecule has 5 heteroatoms. The first-order chi connectivity index (χ1) is 11.8. The van der Waals surface area contributed by atoms with Crippen LogP contribution < -0.4 is 10.6 Å². The highest BCUT2D eigenvalue weighted by Gasteiger charge is 2.03. The van der Waals surface area contributed by atoms with Gasteiger partial charge in [-0.25, -0.2) is 0 Å². The van der Waals surface area contributed by atoms with E-state index in [0.717, 1.165) is 17.1 Å². The van der Waals surface area contributed by atoms with Crippen molar-refractivity contribution in [2.75, 3.05) is 37.6 Å². The van der Waals surface area contributed by atoms with Gasteiger partial charge in [-0.05, 0) is 36.8 Å². The maximum Gasteiger partial charge on any atom is 0.224 e. The fourth-order valence-corrected chi connectivity index (χ4v) is 2.17. The molecule has 2 aromatic rings. The Morgan fingerprint density at radius 2 is 1.67 bits per heavy atom. The van der Waals surface area contributed by atoms with E-state index in [1.54, 1.807) is 7.11 Å². The van der Waals surface area contributed by atoms with Crippen LogP contribution in [0.25, 0.3) is 0 Å². The number of carbonyl (C=O) groups is 1. The van der Waals surface area contributed by atoms with Gasteiger partial charge in [-0.2, -0.15) is 0 Å². The van der Waals surface area contributed by atoms with Crippen molar-refractivity contribution in [1.82, 2.24) is 0 Å². The first kappa shape index (κ1) is 18.0. The first-order valence-corrected chi connectivity index (χ1v) is 8.06. The van der Waals surface area contributed by atoms with Crippen molar-refractivity contribution in [2.45, 2.75) is 12.8 Å². The molecule has 0 heterocycles. The van der Waals surface area contributed by atoms with Gasteiger partial charge in [-0.3, -0.25) is 4.79 Å². The lowest BCUT2D eigenvalue weighted by atomic mass is 10.2. The van der Waals surface area contributed by atoms with Gasteiger partial charge in [0.25, 0.3) is 0 Å². The van der Waals surface area contributed by atoms with E-state index in [9.17, 15) is 4.79 Å². The highest BCUT2D eigenvalue weighted by molar-refractivity contribution is 5.91. The van der Waals surface area contributed by atoms with Crippen LogP contribution >= 0.6 is 0 Å². The third kappa shape index (κ3) is 6.81. The zero-order valence-electron chi connectivity index (χ0n) is 14.0. The molecule has 1 amide bonds. The first-order valence-electron chi connectivity index (χ1n) is 8.06. The summed E-state index contributed by atoms with van der Waals surface area (Å²) < 4.78 is 10.2. The minimum Gasteiger partial charge on any atom is -0.382 e. The van der Waals surface area contributed by atoms with Crippen LogP contribution in [0.3, 0.4) is 0 Å². The molecule has 0 fully saturated rings. The van der Waals surface area contributed by atoms with Crippen LogP contribution in [0.5, 0.6) is 0 Å². The zero-order chi connectivity index (χ0) is 17.0. The number of methoxy groups -OCH3 is 1. The van der Waals surface area contributed by atoms with E-state index in [2.05, 4.69) is 10.6 Å². The maximum absolute atomic E-state index is 12.0. The Morgan fingerprint density at radius 3 is 2.46 bits per heavy atom. The second-order valence-electron chi connectivity index (χ2n) is 5.33. The van der Waals surface area contributed by atoms with Crippen LogP contribution in [-0.4, -0.2) is 32.8 Å². The van der Waals surface area contributed by atoms with E-state index in [1.807, 2.05) is 54.6 Å². The lowest BCUT2D eigenvalue weighted by molar-refractivity contribution is -0.116. The third-order valence-electron chi connectivity index (χ3n) is 3.33. The van der Waals surface area contributed by atoms with Gasteiger partial charge in [0.05, 0.1) is 13.2 Å². The number of nitrogens with one attached hydrogen (secondary N) is 2. The molecule has 0 saturated heterocycles. The molecule has 0 unspecified atom stereocenters. The van der Waals surface area contributed by atoms with E-state index in [4.69, 9.17) is 9.47 Å². The number of carbonyl (C=O) groups excluding carboxylic acids is 1. The van der Waals surface area contributed by atoms with Gasteiger partial charge in [0.15, 0.2) is 0 Å². The molecule has 2 rings (SSSR count). The van der Waals surface area contributed by atoms with E-state index in [1.165, 1.54) is 0 Å².